The second kappa shape index (κ2) is 6.37. The minimum absolute atomic E-state index is 0.391. The number of hydrogen-bond donors (Lipinski definition) is 1. The van der Waals surface area contributed by atoms with Crippen LogP contribution in [0.15, 0.2) is 4.47 Å². The molecule has 0 aromatic carbocycles. The van der Waals surface area contributed by atoms with Gasteiger partial charge in [0, 0.05) is 25.4 Å². The first-order valence-electron chi connectivity index (χ1n) is 7.05. The van der Waals surface area contributed by atoms with Crippen molar-refractivity contribution in [1.29, 1.82) is 0 Å². The lowest BCUT2D eigenvalue weighted by atomic mass is 9.93. The lowest BCUT2D eigenvalue weighted by Gasteiger charge is -2.22. The van der Waals surface area contributed by atoms with Crippen LogP contribution in [-0.4, -0.2) is 35.6 Å². The Bertz CT molecular complexity index is 433. The summed E-state index contributed by atoms with van der Waals surface area (Å²) in [5, 5.41) is 8.02. The normalized spacial score (nSPS) is 24.9. The third-order valence-electron chi connectivity index (χ3n) is 4.09. The summed E-state index contributed by atoms with van der Waals surface area (Å²) in [6.45, 7) is 5.16. The lowest BCUT2D eigenvalue weighted by Crippen LogP contribution is -2.36. The van der Waals surface area contributed by atoms with E-state index in [1.165, 1.54) is 10.2 Å². The molecule has 2 rings (SSSR count). The molecule has 0 amide bonds. The number of nitrogens with one attached hydrogen (secondary N) is 1. The van der Waals surface area contributed by atoms with Crippen molar-refractivity contribution in [2.75, 3.05) is 13.7 Å². The molecule has 2 heterocycles. The third kappa shape index (κ3) is 3.20. The summed E-state index contributed by atoms with van der Waals surface area (Å²) < 4.78 is 8.88. The molecular weight excluding hydrogens is 306 g/mol. The molecule has 1 aliphatic heterocycles. The van der Waals surface area contributed by atoms with Gasteiger partial charge in [-0.25, -0.2) is 0 Å². The predicted octanol–water partition coefficient (Wildman–Crippen LogP) is 2.30. The Kier molecular flexibility index (Phi) is 5.03. The van der Waals surface area contributed by atoms with Crippen LogP contribution in [0.25, 0.3) is 0 Å². The molecule has 4 nitrogen and oxygen atoms in total. The third-order valence-corrected chi connectivity index (χ3v) is 5.00. The van der Waals surface area contributed by atoms with Crippen molar-refractivity contribution in [1.82, 2.24) is 15.1 Å². The molecule has 0 bridgehead atoms. The van der Waals surface area contributed by atoms with Gasteiger partial charge in [0.15, 0.2) is 0 Å². The zero-order valence-corrected chi connectivity index (χ0v) is 13.8. The van der Waals surface area contributed by atoms with Crippen LogP contribution in [0.4, 0.5) is 0 Å². The molecule has 1 N–H and O–H groups in total. The molecule has 0 radical (unpaired) electrons. The Balaban J connectivity index is 2.12. The molecule has 108 valence electrons. The van der Waals surface area contributed by atoms with Gasteiger partial charge in [-0.3, -0.25) is 4.68 Å². The monoisotopic (exact) mass is 329 g/mol. The van der Waals surface area contributed by atoms with Crippen molar-refractivity contribution in [3.63, 3.8) is 0 Å². The first-order valence-corrected chi connectivity index (χ1v) is 7.85. The Hall–Kier alpha value is -0.390. The Morgan fingerprint density at radius 1 is 1.58 bits per heavy atom. The maximum Gasteiger partial charge on any atom is 0.0766 e. The van der Waals surface area contributed by atoms with Crippen LogP contribution in [0, 0.1) is 5.92 Å². The smallest absolute Gasteiger partial charge is 0.0766 e. The molecule has 1 aromatic heterocycles. The minimum atomic E-state index is 0.391. The summed E-state index contributed by atoms with van der Waals surface area (Å²) in [5.74, 6) is 0.590. The molecule has 0 saturated carbocycles. The fourth-order valence-electron chi connectivity index (χ4n) is 2.89. The molecule has 19 heavy (non-hydrogen) atoms. The van der Waals surface area contributed by atoms with Gasteiger partial charge >= 0.3 is 0 Å². The van der Waals surface area contributed by atoms with Crippen molar-refractivity contribution < 1.29 is 4.74 Å². The Morgan fingerprint density at radius 2 is 2.32 bits per heavy atom. The fraction of sp³-hybridized carbons (Fsp3) is 0.786. The van der Waals surface area contributed by atoms with Crippen LogP contribution in [0.5, 0.6) is 0 Å². The number of likely N-dealkylation sites (N-methyl/N-ethyl adjacent to an activating group) is 1. The summed E-state index contributed by atoms with van der Waals surface area (Å²) in [7, 11) is 4.07. The van der Waals surface area contributed by atoms with Gasteiger partial charge in [-0.2, -0.15) is 5.10 Å². The van der Waals surface area contributed by atoms with E-state index in [9.17, 15) is 0 Å². The predicted molar refractivity (Wildman–Crippen MR) is 80.4 cm³/mol. The number of halogens is 1. The maximum absolute atomic E-state index is 5.70. The second-order valence-electron chi connectivity index (χ2n) is 5.42. The average Bonchev–Trinajstić information content (AvgIpc) is 2.92. The quantitative estimate of drug-likeness (QED) is 0.900. The first kappa shape index (κ1) is 15.0. The highest BCUT2D eigenvalue weighted by molar-refractivity contribution is 9.10. The highest BCUT2D eigenvalue weighted by atomic mass is 79.9. The van der Waals surface area contributed by atoms with E-state index in [0.717, 1.165) is 31.6 Å². The highest BCUT2D eigenvalue weighted by Crippen LogP contribution is 2.28. The van der Waals surface area contributed by atoms with Gasteiger partial charge in [0.25, 0.3) is 0 Å². The molecular formula is C14H24BrN3O. The fourth-order valence-corrected chi connectivity index (χ4v) is 3.66. The molecule has 1 aliphatic rings. The van der Waals surface area contributed by atoms with Gasteiger partial charge in [-0.05, 0) is 42.7 Å². The Labute approximate surface area is 124 Å². The molecule has 1 aromatic rings. The zero-order valence-electron chi connectivity index (χ0n) is 12.2. The number of hydrogen-bond acceptors (Lipinski definition) is 3. The number of aryl methyl sites for hydroxylation is 2. The van der Waals surface area contributed by atoms with E-state index in [1.807, 2.05) is 18.8 Å². The van der Waals surface area contributed by atoms with Crippen LogP contribution in [-0.2, 0) is 24.6 Å². The number of ether oxygens (including phenoxy) is 1. The number of rotatable bonds is 5. The minimum Gasteiger partial charge on any atom is -0.378 e. The highest BCUT2D eigenvalue weighted by Gasteiger charge is 2.30. The molecule has 5 heteroatoms. The largest absolute Gasteiger partial charge is 0.378 e. The molecule has 0 aliphatic carbocycles. The van der Waals surface area contributed by atoms with Gasteiger partial charge < -0.3 is 10.1 Å². The molecule has 3 atom stereocenters. The topological polar surface area (TPSA) is 39.1 Å². The summed E-state index contributed by atoms with van der Waals surface area (Å²) in [6, 6.07) is 0.446. The standard InChI is InChI=1S/C14H24BrN3O/c1-5-11-14(15)13(18(4)17-11)7-12(16-3)10-6-9(2)19-8-10/h9-10,12,16H,5-8H2,1-4H3. The molecule has 1 fully saturated rings. The lowest BCUT2D eigenvalue weighted by molar-refractivity contribution is 0.117. The SMILES string of the molecule is CCc1nn(C)c(CC(NC)C2COC(C)C2)c1Br. The van der Waals surface area contributed by atoms with Gasteiger partial charge in [0.05, 0.1) is 28.6 Å². The van der Waals surface area contributed by atoms with Crippen molar-refractivity contribution in [2.24, 2.45) is 13.0 Å². The van der Waals surface area contributed by atoms with Gasteiger partial charge in [0.1, 0.15) is 0 Å². The van der Waals surface area contributed by atoms with Crippen molar-refractivity contribution in [3.8, 4) is 0 Å². The van der Waals surface area contributed by atoms with Crippen molar-refractivity contribution in [3.05, 3.63) is 15.9 Å². The first-order chi connectivity index (χ1) is 9.06. The van der Waals surface area contributed by atoms with Gasteiger partial charge in [0.2, 0.25) is 0 Å². The Morgan fingerprint density at radius 3 is 2.79 bits per heavy atom. The van der Waals surface area contributed by atoms with E-state index in [2.05, 4.69) is 40.2 Å². The zero-order chi connectivity index (χ0) is 14.0. The van der Waals surface area contributed by atoms with E-state index >= 15 is 0 Å². The second-order valence-corrected chi connectivity index (χ2v) is 6.22. The molecule has 3 unspecified atom stereocenters. The van der Waals surface area contributed by atoms with Crippen LogP contribution < -0.4 is 5.32 Å². The van der Waals surface area contributed by atoms with Crippen LogP contribution >= 0.6 is 15.9 Å². The summed E-state index contributed by atoms with van der Waals surface area (Å²) in [6.07, 6.45) is 3.48. The molecule has 0 spiro atoms. The van der Waals surface area contributed by atoms with E-state index in [1.54, 1.807) is 0 Å². The van der Waals surface area contributed by atoms with Crippen LogP contribution in [0.1, 0.15) is 31.7 Å². The van der Waals surface area contributed by atoms with Crippen LogP contribution in [0.3, 0.4) is 0 Å². The maximum atomic E-state index is 5.70. The van der Waals surface area contributed by atoms with E-state index < -0.39 is 0 Å². The summed E-state index contributed by atoms with van der Waals surface area (Å²) in [5.41, 5.74) is 2.42. The van der Waals surface area contributed by atoms with E-state index in [4.69, 9.17) is 4.74 Å². The average molecular weight is 330 g/mol. The van der Waals surface area contributed by atoms with Crippen LogP contribution in [0.2, 0.25) is 0 Å². The number of nitrogens with zero attached hydrogens (tertiary/aromatic N) is 2. The summed E-state index contributed by atoms with van der Waals surface area (Å²) in [4.78, 5) is 0. The number of aromatic nitrogens is 2. The van der Waals surface area contributed by atoms with Gasteiger partial charge in [-0.15, -0.1) is 0 Å². The molecule has 1 saturated heterocycles. The summed E-state index contributed by atoms with van der Waals surface area (Å²) >= 11 is 3.70. The van der Waals surface area contributed by atoms with Gasteiger partial charge in [-0.1, -0.05) is 6.92 Å². The van der Waals surface area contributed by atoms with Crippen molar-refractivity contribution in [2.45, 2.75) is 45.3 Å². The van der Waals surface area contributed by atoms with E-state index in [-0.39, 0.29) is 0 Å². The van der Waals surface area contributed by atoms with E-state index in [0.29, 0.717) is 18.1 Å². The van der Waals surface area contributed by atoms with Crippen molar-refractivity contribution >= 4 is 15.9 Å².